The molecule has 2 fully saturated rings. The van der Waals surface area contributed by atoms with Crippen LogP contribution in [0.25, 0.3) is 0 Å². The summed E-state index contributed by atoms with van der Waals surface area (Å²) >= 11 is 0. The summed E-state index contributed by atoms with van der Waals surface area (Å²) in [5, 5.41) is 16.6. The third-order valence-corrected chi connectivity index (χ3v) is 5.01. The molecule has 0 aromatic carbocycles. The number of aliphatic hydroxyl groups is 1. The van der Waals surface area contributed by atoms with Crippen LogP contribution >= 0.6 is 0 Å². The number of nitrogens with one attached hydrogen (secondary N) is 2. The van der Waals surface area contributed by atoms with E-state index in [1.54, 1.807) is 6.26 Å². The van der Waals surface area contributed by atoms with Crippen molar-refractivity contribution in [3.63, 3.8) is 0 Å². The molecule has 0 radical (unpaired) electrons. The topological polar surface area (TPSA) is 79.0 Å². The molecule has 1 aliphatic heterocycles. The monoisotopic (exact) mass is 349 g/mol. The van der Waals surface area contributed by atoms with Crippen LogP contribution in [0.1, 0.15) is 50.7 Å². The van der Waals surface area contributed by atoms with Gasteiger partial charge in [-0.05, 0) is 57.1 Å². The van der Waals surface area contributed by atoms with Crippen molar-refractivity contribution in [2.45, 2.75) is 69.6 Å². The molecule has 6 heteroatoms. The van der Waals surface area contributed by atoms with Crippen molar-refractivity contribution in [1.29, 1.82) is 0 Å². The van der Waals surface area contributed by atoms with E-state index in [2.05, 4.69) is 10.6 Å². The number of nitrogens with zero attached hydrogens (tertiary/aromatic N) is 1. The molecule has 0 amide bonds. The number of aliphatic hydroxyl groups excluding tert-OH is 1. The molecule has 1 aromatic heterocycles. The van der Waals surface area contributed by atoms with Gasteiger partial charge in [0, 0.05) is 25.6 Å². The highest BCUT2D eigenvalue weighted by Gasteiger charge is 2.20. The van der Waals surface area contributed by atoms with Crippen LogP contribution < -0.4 is 10.6 Å². The van der Waals surface area contributed by atoms with Crippen molar-refractivity contribution in [2.75, 3.05) is 19.7 Å². The summed E-state index contributed by atoms with van der Waals surface area (Å²) < 4.78 is 11.2. The van der Waals surface area contributed by atoms with E-state index in [0.29, 0.717) is 12.6 Å². The fourth-order valence-electron chi connectivity index (χ4n) is 3.47. The summed E-state index contributed by atoms with van der Waals surface area (Å²) in [6.07, 6.45) is 9.83. The second-order valence-electron chi connectivity index (χ2n) is 7.08. The summed E-state index contributed by atoms with van der Waals surface area (Å²) in [6, 6.07) is 4.28. The number of aliphatic imine (C=N–C) groups is 1. The number of guanidine groups is 1. The first kappa shape index (κ1) is 18.3. The van der Waals surface area contributed by atoms with E-state index < -0.39 is 0 Å². The van der Waals surface area contributed by atoms with Gasteiger partial charge in [0.05, 0.1) is 25.0 Å². The Kier molecular flexibility index (Phi) is 7.18. The van der Waals surface area contributed by atoms with E-state index in [-0.39, 0.29) is 12.2 Å². The Morgan fingerprint density at radius 3 is 2.80 bits per heavy atom. The second-order valence-corrected chi connectivity index (χ2v) is 7.08. The average molecular weight is 349 g/mol. The fourth-order valence-corrected chi connectivity index (χ4v) is 3.47. The van der Waals surface area contributed by atoms with Crippen LogP contribution in [0.2, 0.25) is 0 Å². The van der Waals surface area contributed by atoms with Gasteiger partial charge >= 0.3 is 0 Å². The summed E-state index contributed by atoms with van der Waals surface area (Å²) in [7, 11) is 0. The van der Waals surface area contributed by atoms with Gasteiger partial charge in [0.25, 0.3) is 0 Å². The molecule has 3 rings (SSSR count). The maximum Gasteiger partial charge on any atom is 0.191 e. The molecule has 1 saturated heterocycles. The summed E-state index contributed by atoms with van der Waals surface area (Å²) in [5.74, 6) is 1.82. The molecule has 1 saturated carbocycles. The quantitative estimate of drug-likeness (QED) is 0.542. The minimum Gasteiger partial charge on any atom is -0.469 e. The van der Waals surface area contributed by atoms with Gasteiger partial charge in [0.15, 0.2) is 5.96 Å². The summed E-state index contributed by atoms with van der Waals surface area (Å²) in [5.41, 5.74) is 0. The molecule has 3 N–H and O–H groups in total. The highest BCUT2D eigenvalue weighted by atomic mass is 16.5. The zero-order valence-corrected chi connectivity index (χ0v) is 15.0. The van der Waals surface area contributed by atoms with Gasteiger partial charge < -0.3 is 24.9 Å². The lowest BCUT2D eigenvalue weighted by molar-refractivity contribution is 0.0224. The number of hydrogen-bond acceptors (Lipinski definition) is 4. The lowest BCUT2D eigenvalue weighted by Crippen LogP contribution is -2.46. The Balaban J connectivity index is 1.50. The van der Waals surface area contributed by atoms with Gasteiger partial charge in [-0.1, -0.05) is 0 Å². The number of hydrogen-bond donors (Lipinski definition) is 3. The van der Waals surface area contributed by atoms with E-state index in [1.165, 1.54) is 6.42 Å². The van der Waals surface area contributed by atoms with Gasteiger partial charge in [0.1, 0.15) is 5.76 Å². The SMILES string of the molecule is OC1CCC(NC(=NCC2CCCCO2)NCCc2ccco2)CC1. The summed E-state index contributed by atoms with van der Waals surface area (Å²) in [6.45, 7) is 2.33. The Morgan fingerprint density at radius 1 is 1.20 bits per heavy atom. The predicted octanol–water partition coefficient (Wildman–Crippen LogP) is 2.23. The van der Waals surface area contributed by atoms with Crippen LogP contribution in [0.3, 0.4) is 0 Å². The zero-order chi connectivity index (χ0) is 17.3. The third kappa shape index (κ3) is 6.36. The minimum absolute atomic E-state index is 0.138. The third-order valence-electron chi connectivity index (χ3n) is 5.01. The molecule has 0 bridgehead atoms. The van der Waals surface area contributed by atoms with Crippen LogP contribution in [-0.4, -0.2) is 49.0 Å². The first-order valence-electron chi connectivity index (χ1n) is 9.66. The second kappa shape index (κ2) is 9.82. The Bertz CT molecular complexity index is 504. The summed E-state index contributed by atoms with van der Waals surface area (Å²) in [4.78, 5) is 4.76. The molecule has 1 unspecified atom stereocenters. The highest BCUT2D eigenvalue weighted by molar-refractivity contribution is 5.80. The van der Waals surface area contributed by atoms with E-state index in [0.717, 1.165) is 69.8 Å². The molecule has 6 nitrogen and oxygen atoms in total. The lowest BCUT2D eigenvalue weighted by Gasteiger charge is -2.28. The molecular weight excluding hydrogens is 318 g/mol. The van der Waals surface area contributed by atoms with Crippen molar-refractivity contribution in [2.24, 2.45) is 4.99 Å². The normalized spacial score (nSPS) is 27.9. The molecule has 2 aliphatic rings. The molecule has 1 aromatic rings. The van der Waals surface area contributed by atoms with Gasteiger partial charge in [-0.2, -0.15) is 0 Å². The number of furan rings is 1. The lowest BCUT2D eigenvalue weighted by atomic mass is 9.93. The molecule has 1 atom stereocenters. The van der Waals surface area contributed by atoms with Crippen molar-refractivity contribution >= 4 is 5.96 Å². The molecule has 2 heterocycles. The van der Waals surface area contributed by atoms with E-state index in [9.17, 15) is 5.11 Å². The average Bonchev–Trinajstić information content (AvgIpc) is 3.16. The smallest absolute Gasteiger partial charge is 0.191 e. The van der Waals surface area contributed by atoms with Gasteiger partial charge in [-0.3, -0.25) is 4.99 Å². The van der Waals surface area contributed by atoms with E-state index in [4.69, 9.17) is 14.1 Å². The van der Waals surface area contributed by atoms with Crippen LogP contribution in [0.15, 0.2) is 27.8 Å². The minimum atomic E-state index is -0.138. The first-order valence-corrected chi connectivity index (χ1v) is 9.66. The Hall–Kier alpha value is -1.53. The van der Waals surface area contributed by atoms with Crippen molar-refractivity contribution in [1.82, 2.24) is 10.6 Å². The van der Waals surface area contributed by atoms with Crippen LogP contribution in [0, 0.1) is 0 Å². The zero-order valence-electron chi connectivity index (χ0n) is 15.0. The number of rotatable bonds is 6. The highest BCUT2D eigenvalue weighted by Crippen LogP contribution is 2.18. The first-order chi connectivity index (χ1) is 12.3. The Labute approximate surface area is 150 Å². The van der Waals surface area contributed by atoms with E-state index >= 15 is 0 Å². The maximum atomic E-state index is 9.68. The van der Waals surface area contributed by atoms with Crippen LogP contribution in [0.4, 0.5) is 0 Å². The fraction of sp³-hybridized carbons (Fsp3) is 0.737. The number of ether oxygens (including phenoxy) is 1. The largest absolute Gasteiger partial charge is 0.469 e. The molecular formula is C19H31N3O3. The van der Waals surface area contributed by atoms with Crippen molar-refractivity contribution in [3.8, 4) is 0 Å². The van der Waals surface area contributed by atoms with Crippen LogP contribution in [-0.2, 0) is 11.2 Å². The predicted molar refractivity (Wildman–Crippen MR) is 97.7 cm³/mol. The Morgan fingerprint density at radius 2 is 2.08 bits per heavy atom. The van der Waals surface area contributed by atoms with E-state index in [1.807, 2.05) is 12.1 Å². The molecule has 25 heavy (non-hydrogen) atoms. The van der Waals surface area contributed by atoms with Gasteiger partial charge in [0.2, 0.25) is 0 Å². The van der Waals surface area contributed by atoms with Crippen molar-refractivity contribution < 1.29 is 14.3 Å². The molecule has 1 aliphatic carbocycles. The molecule has 0 spiro atoms. The van der Waals surface area contributed by atoms with Gasteiger partial charge in [-0.15, -0.1) is 0 Å². The maximum absolute atomic E-state index is 9.68. The van der Waals surface area contributed by atoms with Crippen LogP contribution in [0.5, 0.6) is 0 Å². The van der Waals surface area contributed by atoms with Crippen molar-refractivity contribution in [3.05, 3.63) is 24.2 Å². The van der Waals surface area contributed by atoms with Gasteiger partial charge in [-0.25, -0.2) is 0 Å². The molecule has 140 valence electrons. The standard InChI is InChI=1S/C19H31N3O3/c23-16-8-6-15(7-9-16)22-19(20-11-10-17-5-3-13-24-17)21-14-18-4-1-2-12-25-18/h3,5,13,15-16,18,23H,1-2,4,6-12,14H2,(H2,20,21,22).